The molecule has 0 amide bonds. The van der Waals surface area contributed by atoms with Crippen LogP contribution in [0.2, 0.25) is 0 Å². The van der Waals surface area contributed by atoms with Gasteiger partial charge in [0.15, 0.2) is 0 Å². The normalized spacial score (nSPS) is 12.1. The van der Waals surface area contributed by atoms with Crippen LogP contribution in [-0.2, 0) is 0 Å². The van der Waals surface area contributed by atoms with Crippen LogP contribution in [0.25, 0.3) is 0 Å². The summed E-state index contributed by atoms with van der Waals surface area (Å²) < 4.78 is 6.72. The number of benzene rings is 2. The summed E-state index contributed by atoms with van der Waals surface area (Å²) in [5.74, 6) is 0.891. The van der Waals surface area contributed by atoms with Gasteiger partial charge in [-0.15, -0.1) is 0 Å². The lowest BCUT2D eigenvalue weighted by Gasteiger charge is -2.12. The standard InChI is InChI=1S/C16H18BrNO/c17-14-8-4-9-15(12-14)19-11-5-10-16(18)13-6-2-1-3-7-13/h1-4,6-9,12,16H,5,10-11,18H2. The smallest absolute Gasteiger partial charge is 0.120 e. The molecule has 1 unspecified atom stereocenters. The van der Waals surface area contributed by atoms with E-state index < -0.39 is 0 Å². The number of hydrogen-bond acceptors (Lipinski definition) is 2. The van der Waals surface area contributed by atoms with Gasteiger partial charge in [0, 0.05) is 10.5 Å². The average Bonchev–Trinajstić information content (AvgIpc) is 2.44. The fourth-order valence-corrected chi connectivity index (χ4v) is 2.30. The summed E-state index contributed by atoms with van der Waals surface area (Å²) >= 11 is 3.42. The molecule has 1 atom stereocenters. The summed E-state index contributed by atoms with van der Waals surface area (Å²) in [6.45, 7) is 0.691. The Morgan fingerprint density at radius 2 is 1.84 bits per heavy atom. The SMILES string of the molecule is NC(CCCOc1cccc(Br)c1)c1ccccc1. The largest absolute Gasteiger partial charge is 0.494 e. The van der Waals surface area contributed by atoms with Gasteiger partial charge in [0.05, 0.1) is 6.61 Å². The van der Waals surface area contributed by atoms with Crippen molar-refractivity contribution in [3.8, 4) is 5.75 Å². The van der Waals surface area contributed by atoms with E-state index in [2.05, 4.69) is 28.1 Å². The third-order valence-electron chi connectivity index (χ3n) is 2.95. The third kappa shape index (κ3) is 4.69. The van der Waals surface area contributed by atoms with E-state index in [-0.39, 0.29) is 6.04 Å². The van der Waals surface area contributed by atoms with E-state index in [1.54, 1.807) is 0 Å². The molecular weight excluding hydrogens is 302 g/mol. The number of halogens is 1. The molecule has 2 rings (SSSR count). The zero-order chi connectivity index (χ0) is 13.5. The number of hydrogen-bond donors (Lipinski definition) is 1. The molecule has 0 saturated heterocycles. The lowest BCUT2D eigenvalue weighted by atomic mass is 10.0. The van der Waals surface area contributed by atoms with Crippen LogP contribution >= 0.6 is 15.9 Å². The Morgan fingerprint density at radius 3 is 2.58 bits per heavy atom. The molecule has 19 heavy (non-hydrogen) atoms. The van der Waals surface area contributed by atoms with Gasteiger partial charge in [0.25, 0.3) is 0 Å². The Labute approximate surface area is 122 Å². The lowest BCUT2D eigenvalue weighted by Crippen LogP contribution is -2.11. The molecular formula is C16H18BrNO. The molecule has 0 spiro atoms. The number of rotatable bonds is 6. The Hall–Kier alpha value is -1.32. The first kappa shape index (κ1) is 14.1. The quantitative estimate of drug-likeness (QED) is 0.805. The predicted octanol–water partition coefficient (Wildman–Crippen LogP) is 4.31. The third-order valence-corrected chi connectivity index (χ3v) is 3.45. The van der Waals surface area contributed by atoms with Crippen LogP contribution < -0.4 is 10.5 Å². The van der Waals surface area contributed by atoms with Crippen molar-refractivity contribution in [2.45, 2.75) is 18.9 Å². The Balaban J connectivity index is 1.72. The van der Waals surface area contributed by atoms with Gasteiger partial charge in [-0.3, -0.25) is 0 Å². The van der Waals surface area contributed by atoms with Gasteiger partial charge in [0.2, 0.25) is 0 Å². The summed E-state index contributed by atoms with van der Waals surface area (Å²) in [7, 11) is 0. The van der Waals surface area contributed by atoms with Crippen molar-refractivity contribution >= 4 is 15.9 Å². The van der Waals surface area contributed by atoms with Crippen LogP contribution in [0.5, 0.6) is 5.75 Å². The summed E-state index contributed by atoms with van der Waals surface area (Å²) in [5.41, 5.74) is 7.32. The molecule has 0 aliphatic carbocycles. The second-order valence-corrected chi connectivity index (χ2v) is 5.38. The van der Waals surface area contributed by atoms with Crippen molar-refractivity contribution in [2.24, 2.45) is 5.73 Å². The molecule has 0 radical (unpaired) electrons. The minimum Gasteiger partial charge on any atom is -0.494 e. The monoisotopic (exact) mass is 319 g/mol. The fourth-order valence-electron chi connectivity index (χ4n) is 1.92. The van der Waals surface area contributed by atoms with Gasteiger partial charge < -0.3 is 10.5 Å². The molecule has 0 aliphatic heterocycles. The van der Waals surface area contributed by atoms with E-state index >= 15 is 0 Å². The van der Waals surface area contributed by atoms with E-state index in [1.165, 1.54) is 5.56 Å². The van der Waals surface area contributed by atoms with Crippen molar-refractivity contribution in [3.63, 3.8) is 0 Å². The second kappa shape index (κ2) is 7.31. The van der Waals surface area contributed by atoms with Gasteiger partial charge >= 0.3 is 0 Å². The molecule has 0 fully saturated rings. The Bertz CT molecular complexity index is 501. The van der Waals surface area contributed by atoms with Crippen LogP contribution in [0.15, 0.2) is 59.1 Å². The molecule has 0 bridgehead atoms. The van der Waals surface area contributed by atoms with Gasteiger partial charge in [-0.25, -0.2) is 0 Å². The summed E-state index contributed by atoms with van der Waals surface area (Å²) in [6, 6.07) is 18.2. The lowest BCUT2D eigenvalue weighted by molar-refractivity contribution is 0.301. The molecule has 0 heterocycles. The van der Waals surface area contributed by atoms with E-state index in [1.807, 2.05) is 42.5 Å². The van der Waals surface area contributed by atoms with Crippen LogP contribution in [0.3, 0.4) is 0 Å². The van der Waals surface area contributed by atoms with Crippen LogP contribution in [0, 0.1) is 0 Å². The molecule has 2 N–H and O–H groups in total. The molecule has 0 aromatic heterocycles. The zero-order valence-corrected chi connectivity index (χ0v) is 12.3. The maximum atomic E-state index is 6.14. The Kier molecular flexibility index (Phi) is 5.43. The van der Waals surface area contributed by atoms with Crippen molar-refractivity contribution in [3.05, 3.63) is 64.6 Å². The molecule has 3 heteroatoms. The summed E-state index contributed by atoms with van der Waals surface area (Å²) in [5, 5.41) is 0. The first-order valence-electron chi connectivity index (χ1n) is 6.44. The molecule has 0 saturated carbocycles. The second-order valence-electron chi connectivity index (χ2n) is 4.47. The molecule has 100 valence electrons. The minimum atomic E-state index is 0.0901. The summed E-state index contributed by atoms with van der Waals surface area (Å²) in [6.07, 6.45) is 1.88. The maximum absolute atomic E-state index is 6.14. The van der Waals surface area contributed by atoms with E-state index in [0.29, 0.717) is 6.61 Å². The van der Waals surface area contributed by atoms with Crippen LogP contribution in [-0.4, -0.2) is 6.61 Å². The van der Waals surface area contributed by atoms with Crippen LogP contribution in [0.4, 0.5) is 0 Å². The topological polar surface area (TPSA) is 35.2 Å². The highest BCUT2D eigenvalue weighted by molar-refractivity contribution is 9.10. The van der Waals surface area contributed by atoms with Crippen LogP contribution in [0.1, 0.15) is 24.4 Å². The zero-order valence-electron chi connectivity index (χ0n) is 10.8. The van der Waals surface area contributed by atoms with E-state index in [0.717, 1.165) is 23.1 Å². The highest BCUT2D eigenvalue weighted by Crippen LogP contribution is 2.19. The van der Waals surface area contributed by atoms with Gasteiger partial charge in [-0.2, -0.15) is 0 Å². The average molecular weight is 320 g/mol. The van der Waals surface area contributed by atoms with Crippen molar-refractivity contribution in [1.29, 1.82) is 0 Å². The first-order valence-corrected chi connectivity index (χ1v) is 7.24. The van der Waals surface area contributed by atoms with E-state index in [4.69, 9.17) is 10.5 Å². The molecule has 0 aliphatic rings. The summed E-state index contributed by atoms with van der Waals surface area (Å²) in [4.78, 5) is 0. The minimum absolute atomic E-state index is 0.0901. The van der Waals surface area contributed by atoms with Gasteiger partial charge in [-0.1, -0.05) is 52.3 Å². The highest BCUT2D eigenvalue weighted by atomic mass is 79.9. The van der Waals surface area contributed by atoms with Crippen molar-refractivity contribution < 1.29 is 4.74 Å². The van der Waals surface area contributed by atoms with Gasteiger partial charge in [0.1, 0.15) is 5.75 Å². The Morgan fingerprint density at radius 1 is 1.05 bits per heavy atom. The number of nitrogens with two attached hydrogens (primary N) is 1. The van der Waals surface area contributed by atoms with Crippen molar-refractivity contribution in [1.82, 2.24) is 0 Å². The molecule has 2 aromatic rings. The first-order chi connectivity index (χ1) is 9.25. The molecule has 2 nitrogen and oxygen atoms in total. The van der Waals surface area contributed by atoms with Gasteiger partial charge in [-0.05, 0) is 36.6 Å². The highest BCUT2D eigenvalue weighted by Gasteiger charge is 2.04. The van der Waals surface area contributed by atoms with E-state index in [9.17, 15) is 0 Å². The predicted molar refractivity (Wildman–Crippen MR) is 82.2 cm³/mol. The maximum Gasteiger partial charge on any atom is 0.120 e. The number of ether oxygens (including phenoxy) is 1. The van der Waals surface area contributed by atoms with Crippen molar-refractivity contribution in [2.75, 3.05) is 6.61 Å². The fraction of sp³-hybridized carbons (Fsp3) is 0.250. The molecule has 2 aromatic carbocycles.